The minimum absolute atomic E-state index is 0.0121. The number of phenolic OH excluding ortho intramolecular Hbond substituents is 1. The van der Waals surface area contributed by atoms with Crippen molar-refractivity contribution in [3.63, 3.8) is 0 Å². The third kappa shape index (κ3) is 3.73. The largest absolute Gasteiger partial charge is 0.504 e. The van der Waals surface area contributed by atoms with Crippen molar-refractivity contribution >= 4 is 33.5 Å². The Morgan fingerprint density at radius 1 is 1.41 bits per heavy atom. The first-order chi connectivity index (χ1) is 10.5. The van der Waals surface area contributed by atoms with Crippen molar-refractivity contribution in [3.8, 4) is 11.5 Å². The van der Waals surface area contributed by atoms with Crippen LogP contribution in [0.3, 0.4) is 0 Å². The Kier molecular flexibility index (Phi) is 4.95. The van der Waals surface area contributed by atoms with Gasteiger partial charge in [-0.1, -0.05) is 22.0 Å². The number of rotatable bonds is 5. The van der Waals surface area contributed by atoms with E-state index in [4.69, 9.17) is 4.74 Å². The van der Waals surface area contributed by atoms with Gasteiger partial charge in [0, 0.05) is 16.1 Å². The van der Waals surface area contributed by atoms with Gasteiger partial charge in [0.15, 0.2) is 11.5 Å². The number of nitro groups is 1. The Morgan fingerprint density at radius 3 is 2.82 bits per heavy atom. The number of ether oxygens (including phenoxy) is 1. The third-order valence-corrected chi connectivity index (χ3v) is 3.24. The van der Waals surface area contributed by atoms with Crippen LogP contribution in [0.4, 0.5) is 11.4 Å². The molecule has 2 aromatic rings. The molecule has 0 spiro atoms. The summed E-state index contributed by atoms with van der Waals surface area (Å²) >= 11 is 3.33. The zero-order chi connectivity index (χ0) is 16.1. The van der Waals surface area contributed by atoms with Crippen molar-refractivity contribution in [2.75, 3.05) is 12.5 Å². The second-order valence-electron chi connectivity index (χ2n) is 4.22. The van der Waals surface area contributed by atoms with Crippen molar-refractivity contribution in [3.05, 3.63) is 56.5 Å². The quantitative estimate of drug-likeness (QED) is 0.480. The molecule has 0 radical (unpaired) electrons. The number of methoxy groups -OCH3 is 1. The molecular weight excluding hydrogens is 354 g/mol. The molecule has 2 N–H and O–H groups in total. The monoisotopic (exact) mass is 365 g/mol. The second-order valence-corrected chi connectivity index (χ2v) is 5.14. The topological polar surface area (TPSA) is 97.0 Å². The number of hydrogen-bond donors (Lipinski definition) is 2. The Morgan fingerprint density at radius 2 is 2.18 bits per heavy atom. The van der Waals surface area contributed by atoms with E-state index >= 15 is 0 Å². The van der Waals surface area contributed by atoms with Gasteiger partial charge in [0.2, 0.25) is 0 Å². The molecule has 2 rings (SSSR count). The van der Waals surface area contributed by atoms with Crippen molar-refractivity contribution in [1.82, 2.24) is 0 Å². The molecule has 7 nitrogen and oxygen atoms in total. The SMILES string of the molecule is COc1cc([N+](=O)[O-])cc(C=NNc2cccc(Br)c2)c1O. The minimum Gasteiger partial charge on any atom is -0.504 e. The number of nitrogens with zero attached hydrogens (tertiary/aromatic N) is 2. The predicted octanol–water partition coefficient (Wildman–Crippen LogP) is 3.52. The molecule has 0 aliphatic carbocycles. The van der Waals surface area contributed by atoms with Crippen molar-refractivity contribution in [2.45, 2.75) is 0 Å². The Balaban J connectivity index is 2.26. The average molecular weight is 366 g/mol. The summed E-state index contributed by atoms with van der Waals surface area (Å²) in [6.07, 6.45) is 1.28. The van der Waals surface area contributed by atoms with Gasteiger partial charge in [0.25, 0.3) is 5.69 Å². The number of benzene rings is 2. The number of hydrazone groups is 1. The molecule has 0 saturated carbocycles. The molecule has 0 aliphatic rings. The number of hydrogen-bond acceptors (Lipinski definition) is 6. The first-order valence-electron chi connectivity index (χ1n) is 6.11. The van der Waals surface area contributed by atoms with Crippen LogP contribution in [-0.4, -0.2) is 23.4 Å². The molecule has 0 aromatic heterocycles. The van der Waals surface area contributed by atoms with Crippen LogP contribution in [0.2, 0.25) is 0 Å². The Hall–Kier alpha value is -2.61. The molecule has 0 fully saturated rings. The molecule has 2 aromatic carbocycles. The van der Waals surface area contributed by atoms with E-state index in [0.29, 0.717) is 0 Å². The molecule has 0 bridgehead atoms. The van der Waals surface area contributed by atoms with E-state index in [1.54, 1.807) is 6.07 Å². The van der Waals surface area contributed by atoms with Gasteiger partial charge in [-0.05, 0) is 18.2 Å². The van der Waals surface area contributed by atoms with Gasteiger partial charge < -0.3 is 9.84 Å². The molecule has 0 amide bonds. The van der Waals surface area contributed by atoms with E-state index in [1.807, 2.05) is 18.2 Å². The highest BCUT2D eigenvalue weighted by molar-refractivity contribution is 9.10. The summed E-state index contributed by atoms with van der Waals surface area (Å²) in [6.45, 7) is 0. The summed E-state index contributed by atoms with van der Waals surface area (Å²) in [5.41, 5.74) is 3.47. The van der Waals surface area contributed by atoms with Gasteiger partial charge in [-0.15, -0.1) is 0 Å². The van der Waals surface area contributed by atoms with E-state index in [-0.39, 0.29) is 22.7 Å². The lowest BCUT2D eigenvalue weighted by molar-refractivity contribution is -0.385. The lowest BCUT2D eigenvalue weighted by Gasteiger charge is -2.06. The van der Waals surface area contributed by atoms with Gasteiger partial charge in [-0.25, -0.2) is 0 Å². The highest BCUT2D eigenvalue weighted by Crippen LogP contribution is 2.33. The molecule has 0 atom stereocenters. The van der Waals surface area contributed by atoms with Crippen molar-refractivity contribution in [1.29, 1.82) is 0 Å². The zero-order valence-electron chi connectivity index (χ0n) is 11.5. The molecule has 0 heterocycles. The lowest BCUT2D eigenvalue weighted by Crippen LogP contribution is -1.96. The van der Waals surface area contributed by atoms with Crippen LogP contribution in [0.5, 0.6) is 11.5 Å². The fraction of sp³-hybridized carbons (Fsp3) is 0.0714. The maximum absolute atomic E-state index is 10.9. The third-order valence-electron chi connectivity index (χ3n) is 2.74. The van der Waals surface area contributed by atoms with Gasteiger partial charge in [-0.3, -0.25) is 15.5 Å². The van der Waals surface area contributed by atoms with Gasteiger partial charge in [-0.2, -0.15) is 5.10 Å². The Bertz CT molecular complexity index is 734. The summed E-state index contributed by atoms with van der Waals surface area (Å²) < 4.78 is 5.80. The number of phenols is 1. The van der Waals surface area contributed by atoms with E-state index in [2.05, 4.69) is 26.5 Å². The van der Waals surface area contributed by atoms with Gasteiger partial charge >= 0.3 is 0 Å². The van der Waals surface area contributed by atoms with Crippen LogP contribution in [-0.2, 0) is 0 Å². The van der Waals surface area contributed by atoms with E-state index in [9.17, 15) is 15.2 Å². The number of non-ortho nitro benzene ring substituents is 1. The number of aromatic hydroxyl groups is 1. The van der Waals surface area contributed by atoms with Crippen molar-refractivity contribution in [2.24, 2.45) is 5.10 Å². The van der Waals surface area contributed by atoms with E-state index < -0.39 is 4.92 Å². The van der Waals surface area contributed by atoms with Crippen LogP contribution >= 0.6 is 15.9 Å². The fourth-order valence-corrected chi connectivity index (χ4v) is 2.11. The molecule has 0 unspecified atom stereocenters. The maximum atomic E-state index is 10.9. The summed E-state index contributed by atoms with van der Waals surface area (Å²) in [5.74, 6) is -0.203. The normalized spacial score (nSPS) is 10.6. The molecular formula is C14H12BrN3O4. The lowest BCUT2D eigenvalue weighted by atomic mass is 10.2. The summed E-state index contributed by atoms with van der Waals surface area (Å²) in [4.78, 5) is 10.3. The fourth-order valence-electron chi connectivity index (χ4n) is 1.71. The summed E-state index contributed by atoms with van der Waals surface area (Å²) in [5, 5.41) is 24.8. The van der Waals surface area contributed by atoms with E-state index in [0.717, 1.165) is 16.2 Å². The van der Waals surface area contributed by atoms with Crippen LogP contribution in [0.1, 0.15) is 5.56 Å². The molecule has 114 valence electrons. The standard InChI is InChI=1S/C14H12BrN3O4/c1-22-13-7-12(18(20)21)5-9(14(13)19)8-16-17-11-4-2-3-10(15)6-11/h2-8,17,19H,1H3. The van der Waals surface area contributed by atoms with Crippen LogP contribution < -0.4 is 10.2 Å². The number of nitro benzene ring substituents is 1. The van der Waals surface area contributed by atoms with Crippen LogP contribution in [0, 0.1) is 10.1 Å². The maximum Gasteiger partial charge on any atom is 0.274 e. The van der Waals surface area contributed by atoms with Gasteiger partial charge in [0.1, 0.15) is 0 Å². The number of halogens is 1. The van der Waals surface area contributed by atoms with E-state index in [1.165, 1.54) is 19.4 Å². The number of nitrogens with one attached hydrogen (secondary N) is 1. The first-order valence-corrected chi connectivity index (χ1v) is 6.90. The summed E-state index contributed by atoms with van der Waals surface area (Å²) in [7, 11) is 1.32. The first kappa shape index (κ1) is 15.8. The molecule has 22 heavy (non-hydrogen) atoms. The van der Waals surface area contributed by atoms with Crippen LogP contribution in [0.15, 0.2) is 46.0 Å². The number of anilines is 1. The highest BCUT2D eigenvalue weighted by Gasteiger charge is 2.15. The second kappa shape index (κ2) is 6.90. The predicted molar refractivity (Wildman–Crippen MR) is 86.7 cm³/mol. The average Bonchev–Trinajstić information content (AvgIpc) is 2.48. The van der Waals surface area contributed by atoms with Crippen molar-refractivity contribution < 1.29 is 14.8 Å². The molecule has 0 aliphatic heterocycles. The molecule has 0 saturated heterocycles. The smallest absolute Gasteiger partial charge is 0.274 e. The highest BCUT2D eigenvalue weighted by atomic mass is 79.9. The van der Waals surface area contributed by atoms with Crippen LogP contribution in [0.25, 0.3) is 0 Å². The summed E-state index contributed by atoms with van der Waals surface area (Å²) in [6, 6.07) is 9.67. The zero-order valence-corrected chi connectivity index (χ0v) is 13.1. The Labute approximate surface area is 134 Å². The molecule has 8 heteroatoms. The minimum atomic E-state index is -0.568. The van der Waals surface area contributed by atoms with Gasteiger partial charge in [0.05, 0.1) is 30.0 Å².